The number of alkyl halides is 3. The maximum atomic E-state index is 13.6. The molecule has 1 amide bonds. The first-order chi connectivity index (χ1) is 16.5. The number of rotatable bonds is 5. The van der Waals surface area contributed by atoms with Crippen LogP contribution in [0.1, 0.15) is 54.5 Å². The van der Waals surface area contributed by atoms with Gasteiger partial charge in [0.15, 0.2) is 0 Å². The van der Waals surface area contributed by atoms with E-state index in [2.05, 4.69) is 15.3 Å². The third-order valence-electron chi connectivity index (χ3n) is 7.79. The molecule has 2 fully saturated rings. The Morgan fingerprint density at radius 2 is 1.97 bits per heavy atom. The second-order valence-corrected chi connectivity index (χ2v) is 10.2. The lowest BCUT2D eigenvalue weighted by Gasteiger charge is -2.36. The summed E-state index contributed by atoms with van der Waals surface area (Å²) < 4.78 is 45.3. The van der Waals surface area contributed by atoms with Crippen LogP contribution in [0.25, 0.3) is 0 Å². The zero-order valence-electron chi connectivity index (χ0n) is 19.3. The highest BCUT2D eigenvalue weighted by Crippen LogP contribution is 2.58. The summed E-state index contributed by atoms with van der Waals surface area (Å²) in [7, 11) is 1.72. The summed E-state index contributed by atoms with van der Waals surface area (Å²) in [5.74, 6) is 0.543. The van der Waals surface area contributed by atoms with Gasteiger partial charge in [-0.25, -0.2) is 9.97 Å². The second kappa shape index (κ2) is 8.51. The summed E-state index contributed by atoms with van der Waals surface area (Å²) in [6.07, 6.45) is 0.210. The molecule has 2 aliphatic carbocycles. The number of nitrogens with zero attached hydrogens (tertiary/aromatic N) is 3. The molecule has 35 heavy (non-hydrogen) atoms. The minimum absolute atomic E-state index is 0.0238. The molecule has 5 rings (SSSR count). The SMILES string of the molecule is COC12CCC(C(=O)N3CCc4nc(Cl)nc(NCc5cc(N)cc(C(F)(F)F)c5)c4C3)(CC1)C2. The number of fused-ring (bicyclic) bond motifs is 3. The van der Waals surface area contributed by atoms with E-state index >= 15 is 0 Å². The van der Waals surface area contributed by atoms with Crippen molar-refractivity contribution < 1.29 is 22.7 Å². The highest BCUT2D eigenvalue weighted by Gasteiger charge is 2.59. The summed E-state index contributed by atoms with van der Waals surface area (Å²) in [5.41, 5.74) is 6.17. The first-order valence-corrected chi connectivity index (χ1v) is 12.0. The fourth-order valence-corrected chi connectivity index (χ4v) is 6.12. The van der Waals surface area contributed by atoms with Gasteiger partial charge in [-0.1, -0.05) is 0 Å². The first kappa shape index (κ1) is 24.1. The molecule has 0 radical (unpaired) electrons. The lowest BCUT2D eigenvalue weighted by Crippen LogP contribution is -2.44. The van der Waals surface area contributed by atoms with E-state index in [0.717, 1.165) is 55.5 Å². The topological polar surface area (TPSA) is 93.4 Å². The molecule has 2 heterocycles. The average Bonchev–Trinajstić information content (AvgIpc) is 3.39. The van der Waals surface area contributed by atoms with Gasteiger partial charge >= 0.3 is 6.18 Å². The molecule has 11 heteroatoms. The molecule has 0 spiro atoms. The Morgan fingerprint density at radius 1 is 1.23 bits per heavy atom. The van der Waals surface area contributed by atoms with Crippen LogP contribution in [0.4, 0.5) is 24.7 Å². The van der Waals surface area contributed by atoms with E-state index in [1.807, 2.05) is 4.90 Å². The minimum atomic E-state index is -4.50. The van der Waals surface area contributed by atoms with E-state index in [1.165, 1.54) is 6.07 Å². The highest BCUT2D eigenvalue weighted by atomic mass is 35.5. The van der Waals surface area contributed by atoms with Crippen molar-refractivity contribution in [3.63, 3.8) is 0 Å². The summed E-state index contributed by atoms with van der Waals surface area (Å²) in [5, 5.41) is 3.14. The number of methoxy groups -OCH3 is 1. The molecule has 3 aliphatic rings. The number of halogens is 4. The minimum Gasteiger partial charge on any atom is -0.399 e. The zero-order valence-corrected chi connectivity index (χ0v) is 20.1. The predicted molar refractivity (Wildman–Crippen MR) is 125 cm³/mol. The number of carbonyl (C=O) groups is 1. The summed E-state index contributed by atoms with van der Waals surface area (Å²) in [6.45, 7) is 0.910. The monoisotopic (exact) mass is 509 g/mol. The number of carbonyl (C=O) groups excluding carboxylic acids is 1. The van der Waals surface area contributed by atoms with Gasteiger partial charge in [0.05, 0.1) is 28.8 Å². The third-order valence-corrected chi connectivity index (χ3v) is 7.96. The van der Waals surface area contributed by atoms with Gasteiger partial charge < -0.3 is 20.7 Å². The average molecular weight is 510 g/mol. The molecule has 2 bridgehead atoms. The molecule has 1 aliphatic heterocycles. The molecule has 2 aromatic rings. The van der Waals surface area contributed by atoms with Crippen molar-refractivity contribution in [3.8, 4) is 0 Å². The lowest BCUT2D eigenvalue weighted by atomic mass is 9.82. The molecule has 0 atom stereocenters. The van der Waals surface area contributed by atoms with Gasteiger partial charge in [0, 0.05) is 37.9 Å². The second-order valence-electron chi connectivity index (χ2n) is 9.90. The number of hydrogen-bond donors (Lipinski definition) is 2. The summed E-state index contributed by atoms with van der Waals surface area (Å²) in [6, 6.07) is 3.44. The standard InChI is InChI=1S/C24H27ClF3N5O2/c1-35-23-5-3-22(13-23,4-6-23)20(34)33-7-2-18-17(12-33)19(32-21(25)31-18)30-11-14-8-15(24(26,27)28)10-16(29)9-14/h8-10H,2-7,11-13,29H2,1H3,(H,30,31,32). The fraction of sp³-hybridized carbons (Fsp3) is 0.542. The van der Waals surface area contributed by atoms with E-state index in [0.29, 0.717) is 30.9 Å². The van der Waals surface area contributed by atoms with Crippen molar-refractivity contribution in [1.29, 1.82) is 0 Å². The Balaban J connectivity index is 1.36. The van der Waals surface area contributed by atoms with Crippen LogP contribution in [0.5, 0.6) is 0 Å². The normalized spacial score (nSPS) is 25.6. The number of aromatic nitrogens is 2. The van der Waals surface area contributed by atoms with Crippen molar-refractivity contribution >= 4 is 29.0 Å². The number of ether oxygens (including phenoxy) is 1. The highest BCUT2D eigenvalue weighted by molar-refractivity contribution is 6.28. The van der Waals surface area contributed by atoms with Crippen LogP contribution in [0.2, 0.25) is 5.28 Å². The van der Waals surface area contributed by atoms with E-state index in [1.54, 1.807) is 7.11 Å². The van der Waals surface area contributed by atoms with E-state index in [9.17, 15) is 18.0 Å². The fourth-order valence-electron chi connectivity index (χ4n) is 5.93. The molecular formula is C24H27ClF3N5O2. The van der Waals surface area contributed by atoms with Gasteiger partial charge in [-0.05, 0) is 67.5 Å². The van der Waals surface area contributed by atoms with Gasteiger partial charge in [-0.3, -0.25) is 4.79 Å². The molecule has 2 saturated carbocycles. The van der Waals surface area contributed by atoms with Crippen LogP contribution in [0.3, 0.4) is 0 Å². The zero-order chi connectivity index (χ0) is 25.0. The molecule has 188 valence electrons. The van der Waals surface area contributed by atoms with Gasteiger partial charge in [-0.2, -0.15) is 13.2 Å². The molecule has 3 N–H and O–H groups in total. The van der Waals surface area contributed by atoms with Crippen LogP contribution in [-0.4, -0.2) is 40.0 Å². The van der Waals surface area contributed by atoms with Gasteiger partial charge in [0.1, 0.15) is 5.82 Å². The lowest BCUT2D eigenvalue weighted by molar-refractivity contribution is -0.142. The molecule has 1 aromatic carbocycles. The Bertz CT molecular complexity index is 1160. The number of hydrogen-bond acceptors (Lipinski definition) is 6. The molecular weight excluding hydrogens is 483 g/mol. The quantitative estimate of drug-likeness (QED) is 0.453. The molecule has 1 aromatic heterocycles. The Morgan fingerprint density at radius 3 is 2.63 bits per heavy atom. The largest absolute Gasteiger partial charge is 0.416 e. The van der Waals surface area contributed by atoms with E-state index in [-0.39, 0.29) is 34.4 Å². The van der Waals surface area contributed by atoms with Crippen molar-refractivity contribution in [2.75, 3.05) is 24.7 Å². The maximum absolute atomic E-state index is 13.6. The number of amides is 1. The van der Waals surface area contributed by atoms with Crippen LogP contribution in [0.15, 0.2) is 18.2 Å². The Kier molecular flexibility index (Phi) is 5.87. The molecule has 7 nitrogen and oxygen atoms in total. The molecule has 0 unspecified atom stereocenters. The summed E-state index contributed by atoms with van der Waals surface area (Å²) in [4.78, 5) is 24.1. The van der Waals surface area contributed by atoms with E-state index < -0.39 is 11.7 Å². The number of nitrogens with two attached hydrogens (primary N) is 1. The third kappa shape index (κ3) is 4.42. The van der Waals surface area contributed by atoms with E-state index in [4.69, 9.17) is 22.1 Å². The van der Waals surface area contributed by atoms with Crippen LogP contribution in [0, 0.1) is 5.41 Å². The number of nitrogen functional groups attached to an aromatic ring is 1. The number of nitrogens with one attached hydrogen (secondary N) is 1. The van der Waals surface area contributed by atoms with Crippen molar-refractivity contribution in [1.82, 2.24) is 14.9 Å². The van der Waals surface area contributed by atoms with Crippen LogP contribution in [-0.2, 0) is 35.2 Å². The van der Waals surface area contributed by atoms with Crippen LogP contribution >= 0.6 is 11.6 Å². The maximum Gasteiger partial charge on any atom is 0.416 e. The van der Waals surface area contributed by atoms with Crippen molar-refractivity contribution in [2.45, 2.75) is 63.4 Å². The van der Waals surface area contributed by atoms with Gasteiger partial charge in [0.25, 0.3) is 0 Å². The van der Waals surface area contributed by atoms with Gasteiger partial charge in [-0.15, -0.1) is 0 Å². The molecule has 0 saturated heterocycles. The van der Waals surface area contributed by atoms with Crippen LogP contribution < -0.4 is 11.1 Å². The van der Waals surface area contributed by atoms with Gasteiger partial charge in [0.2, 0.25) is 11.2 Å². The first-order valence-electron chi connectivity index (χ1n) is 11.6. The predicted octanol–water partition coefficient (Wildman–Crippen LogP) is 4.58. The summed E-state index contributed by atoms with van der Waals surface area (Å²) >= 11 is 6.13. The van der Waals surface area contributed by atoms with Crippen molar-refractivity contribution in [3.05, 3.63) is 45.9 Å². The smallest absolute Gasteiger partial charge is 0.399 e. The Labute approximate surface area is 206 Å². The Hall–Kier alpha value is -2.59. The van der Waals surface area contributed by atoms with Crippen molar-refractivity contribution in [2.24, 2.45) is 5.41 Å². The number of anilines is 2. The number of benzene rings is 1.